The second-order valence-corrected chi connectivity index (χ2v) is 10.4. The second kappa shape index (κ2) is 10.7. The number of nitro groups is 1. The minimum atomic E-state index is -0.393. The number of nitrogens with zero attached hydrogens (tertiary/aromatic N) is 5. The molecule has 8 nitrogen and oxygen atoms in total. The molecule has 2 aromatic carbocycles. The van der Waals surface area contributed by atoms with E-state index in [1.165, 1.54) is 12.1 Å². The van der Waals surface area contributed by atoms with Gasteiger partial charge < -0.3 is 14.8 Å². The Balaban J connectivity index is 1.35. The third-order valence-electron chi connectivity index (χ3n) is 6.50. The fraction of sp³-hybridized carbons (Fsp3) is 0.0690. The van der Waals surface area contributed by atoms with E-state index in [1.54, 1.807) is 36.3 Å². The molecule has 1 aliphatic rings. The Kier molecular flexibility index (Phi) is 6.78. The van der Waals surface area contributed by atoms with Gasteiger partial charge in [-0.3, -0.25) is 20.1 Å². The van der Waals surface area contributed by atoms with Crippen LogP contribution in [0.1, 0.15) is 23.5 Å². The van der Waals surface area contributed by atoms with Crippen LogP contribution in [-0.2, 0) is 0 Å². The van der Waals surface area contributed by atoms with Crippen molar-refractivity contribution in [2.24, 2.45) is 0 Å². The summed E-state index contributed by atoms with van der Waals surface area (Å²) in [4.78, 5) is 23.6. The van der Waals surface area contributed by atoms with Crippen molar-refractivity contribution in [1.29, 1.82) is 0 Å². The molecular formula is C29H22N6O2S2. The van der Waals surface area contributed by atoms with Crippen molar-refractivity contribution in [2.45, 2.75) is 21.9 Å². The van der Waals surface area contributed by atoms with Crippen LogP contribution in [0.25, 0.3) is 5.69 Å². The van der Waals surface area contributed by atoms with Gasteiger partial charge in [-0.2, -0.15) is 0 Å². The zero-order valence-corrected chi connectivity index (χ0v) is 22.1. The Morgan fingerprint density at radius 1 is 0.872 bits per heavy atom. The van der Waals surface area contributed by atoms with Gasteiger partial charge in [0, 0.05) is 51.9 Å². The summed E-state index contributed by atoms with van der Waals surface area (Å²) in [5, 5.41) is 15.1. The first-order valence-corrected chi connectivity index (χ1v) is 13.4. The molecule has 0 aliphatic carbocycles. The summed E-state index contributed by atoms with van der Waals surface area (Å²) in [5.41, 5.74) is 3.94. The van der Waals surface area contributed by atoms with Gasteiger partial charge in [0.25, 0.3) is 5.69 Å². The van der Waals surface area contributed by atoms with Gasteiger partial charge in [-0.25, -0.2) is 0 Å². The summed E-state index contributed by atoms with van der Waals surface area (Å²) in [6, 6.07) is 28.4. The van der Waals surface area contributed by atoms with E-state index < -0.39 is 4.92 Å². The lowest BCUT2D eigenvalue weighted by Crippen LogP contribution is -2.30. The molecule has 0 spiro atoms. The zero-order chi connectivity index (χ0) is 26.8. The Hall–Kier alpha value is -4.54. The quantitative estimate of drug-likeness (QED) is 0.139. The van der Waals surface area contributed by atoms with Gasteiger partial charge in [0.2, 0.25) is 0 Å². The Morgan fingerprint density at radius 2 is 1.64 bits per heavy atom. The van der Waals surface area contributed by atoms with Gasteiger partial charge in [0.1, 0.15) is 6.04 Å². The lowest BCUT2D eigenvalue weighted by atomic mass is 10.0. The third kappa shape index (κ3) is 4.99. The summed E-state index contributed by atoms with van der Waals surface area (Å²) in [6.07, 6.45) is 7.43. The maximum Gasteiger partial charge on any atom is 0.269 e. The highest BCUT2D eigenvalue weighted by atomic mass is 32.2. The van der Waals surface area contributed by atoms with Crippen LogP contribution >= 0.6 is 24.0 Å². The molecular weight excluding hydrogens is 528 g/mol. The monoisotopic (exact) mass is 550 g/mol. The van der Waals surface area contributed by atoms with Crippen LogP contribution in [0.4, 0.5) is 11.4 Å². The Labute approximate surface area is 234 Å². The van der Waals surface area contributed by atoms with Crippen LogP contribution in [0.2, 0.25) is 0 Å². The smallest absolute Gasteiger partial charge is 0.269 e. The Bertz CT molecular complexity index is 1610. The number of benzene rings is 2. The average Bonchev–Trinajstić information content (AvgIpc) is 3.59. The molecule has 1 N–H and O–H groups in total. The van der Waals surface area contributed by atoms with E-state index in [2.05, 4.69) is 30.8 Å². The molecule has 39 heavy (non-hydrogen) atoms. The van der Waals surface area contributed by atoms with E-state index in [0.29, 0.717) is 5.11 Å². The van der Waals surface area contributed by atoms with Crippen molar-refractivity contribution in [2.75, 3.05) is 4.90 Å². The van der Waals surface area contributed by atoms with Crippen molar-refractivity contribution in [1.82, 2.24) is 19.9 Å². The molecule has 5 aromatic rings. The molecule has 4 heterocycles. The fourth-order valence-electron chi connectivity index (χ4n) is 4.75. The molecule has 0 amide bonds. The van der Waals surface area contributed by atoms with Crippen LogP contribution in [0.3, 0.4) is 0 Å². The normalized spacial score (nSPS) is 16.7. The molecule has 0 radical (unpaired) electrons. The van der Waals surface area contributed by atoms with Crippen LogP contribution in [-0.4, -0.2) is 24.6 Å². The van der Waals surface area contributed by atoms with Gasteiger partial charge in [-0.1, -0.05) is 17.8 Å². The van der Waals surface area contributed by atoms with E-state index in [4.69, 9.17) is 12.2 Å². The van der Waals surface area contributed by atoms with E-state index in [0.717, 1.165) is 32.6 Å². The molecule has 1 saturated heterocycles. The summed E-state index contributed by atoms with van der Waals surface area (Å²) in [7, 11) is 0. The molecule has 3 aromatic heterocycles. The molecule has 1 fully saturated rings. The highest BCUT2D eigenvalue weighted by molar-refractivity contribution is 7.99. The van der Waals surface area contributed by atoms with E-state index in [9.17, 15) is 10.1 Å². The van der Waals surface area contributed by atoms with Crippen LogP contribution in [0.15, 0.2) is 126 Å². The lowest BCUT2D eigenvalue weighted by Gasteiger charge is -2.29. The largest absolute Gasteiger partial charge is 0.351 e. The SMILES string of the molecule is O=[N+]([O-])c1ccc(Sc2ccc(N3C(=S)N[C@@H](c4ccccn4)[C@@H]3c3cccn3-c3cccnc3)cc2)cc1. The second-order valence-electron chi connectivity index (χ2n) is 8.86. The van der Waals surface area contributed by atoms with Gasteiger partial charge in [-0.15, -0.1) is 0 Å². The summed E-state index contributed by atoms with van der Waals surface area (Å²) in [6.45, 7) is 0. The molecule has 192 valence electrons. The van der Waals surface area contributed by atoms with Crippen molar-refractivity contribution in [3.05, 3.63) is 137 Å². The minimum absolute atomic E-state index is 0.0780. The third-order valence-corrected chi connectivity index (χ3v) is 7.83. The van der Waals surface area contributed by atoms with E-state index >= 15 is 0 Å². The van der Waals surface area contributed by atoms with Gasteiger partial charge >= 0.3 is 0 Å². The van der Waals surface area contributed by atoms with Crippen molar-refractivity contribution >= 4 is 40.5 Å². The highest BCUT2D eigenvalue weighted by Gasteiger charge is 2.42. The molecule has 6 rings (SSSR count). The van der Waals surface area contributed by atoms with Crippen molar-refractivity contribution < 1.29 is 4.92 Å². The molecule has 1 aliphatic heterocycles. The average molecular weight is 551 g/mol. The summed E-state index contributed by atoms with van der Waals surface area (Å²) in [5.74, 6) is 0. The minimum Gasteiger partial charge on any atom is -0.351 e. The van der Waals surface area contributed by atoms with E-state index in [1.807, 2.05) is 73.1 Å². The zero-order valence-electron chi connectivity index (χ0n) is 20.5. The molecule has 0 saturated carbocycles. The van der Waals surface area contributed by atoms with Gasteiger partial charge in [0.15, 0.2) is 5.11 Å². The first-order chi connectivity index (χ1) is 19.1. The van der Waals surface area contributed by atoms with Crippen LogP contribution < -0.4 is 10.2 Å². The number of non-ortho nitro benzene ring substituents is 1. The van der Waals surface area contributed by atoms with Crippen LogP contribution in [0, 0.1) is 10.1 Å². The topological polar surface area (TPSA) is 89.1 Å². The number of thiocarbonyl (C=S) groups is 1. The van der Waals surface area contributed by atoms with Crippen molar-refractivity contribution in [3.8, 4) is 5.69 Å². The number of pyridine rings is 2. The standard InChI is InChI=1S/C29H22N6O2S2/c36-35(37)21-10-14-24(15-11-21)39-23-12-8-20(9-13-23)34-28(27(32-29(34)38)25-6-1-2-17-31-25)26-7-4-18-33(26)22-5-3-16-30-19-22/h1-19,27-28H,(H,32,38)/t27-,28-/m0/s1. The number of nitrogens with one attached hydrogen (secondary N) is 1. The number of nitro benzene ring substituents is 1. The predicted molar refractivity (Wildman–Crippen MR) is 155 cm³/mol. The number of aromatic nitrogens is 3. The number of hydrogen-bond acceptors (Lipinski definition) is 6. The van der Waals surface area contributed by atoms with Crippen molar-refractivity contribution in [3.63, 3.8) is 0 Å². The molecule has 0 unspecified atom stereocenters. The first-order valence-electron chi connectivity index (χ1n) is 12.2. The number of rotatable bonds is 7. The molecule has 10 heteroatoms. The number of anilines is 1. The highest BCUT2D eigenvalue weighted by Crippen LogP contribution is 2.42. The van der Waals surface area contributed by atoms with Crippen LogP contribution in [0.5, 0.6) is 0 Å². The maximum atomic E-state index is 11.0. The number of hydrogen-bond donors (Lipinski definition) is 1. The van der Waals surface area contributed by atoms with E-state index in [-0.39, 0.29) is 17.8 Å². The lowest BCUT2D eigenvalue weighted by molar-refractivity contribution is -0.384. The molecule has 0 bridgehead atoms. The fourth-order valence-corrected chi connectivity index (χ4v) is 5.91. The summed E-state index contributed by atoms with van der Waals surface area (Å²) >= 11 is 7.43. The molecule has 2 atom stereocenters. The van der Waals surface area contributed by atoms with Gasteiger partial charge in [0.05, 0.1) is 28.5 Å². The van der Waals surface area contributed by atoms with Gasteiger partial charge in [-0.05, 0) is 85.0 Å². The predicted octanol–water partition coefficient (Wildman–Crippen LogP) is 6.50. The summed E-state index contributed by atoms with van der Waals surface area (Å²) < 4.78 is 2.13. The maximum absolute atomic E-state index is 11.0. The first kappa shape index (κ1) is 24.8. The Morgan fingerprint density at radius 3 is 2.31 bits per heavy atom.